The van der Waals surface area contributed by atoms with Crippen LogP contribution in [0.4, 0.5) is 0 Å². The maximum Gasteiger partial charge on any atom is 0.0462 e. The van der Waals surface area contributed by atoms with Gasteiger partial charge >= 0.3 is 0 Å². The molecule has 0 atom stereocenters. The first kappa shape index (κ1) is 10.9. The molecule has 0 rings (SSSR count). The van der Waals surface area contributed by atoms with E-state index in [9.17, 15) is 0 Å². The van der Waals surface area contributed by atoms with Gasteiger partial charge in [0.15, 0.2) is 0 Å². The zero-order valence-electron chi connectivity index (χ0n) is 6.28. The Bertz CT molecular complexity index is 64.6. The minimum absolute atomic E-state index is 0.759. The van der Waals surface area contributed by atoms with E-state index in [1.165, 1.54) is 12.8 Å². The highest BCUT2D eigenvalue weighted by atomic mass is 79.9. The number of methoxy groups -OCH3 is 1. The molecule has 1 nitrogen and oxygen atoms in total. The van der Waals surface area contributed by atoms with E-state index in [1.54, 1.807) is 7.11 Å². The lowest BCUT2D eigenvalue weighted by molar-refractivity contribution is 0.189. The fourth-order valence-corrected chi connectivity index (χ4v) is 2.43. The summed E-state index contributed by atoms with van der Waals surface area (Å²) in [6.07, 6.45) is 2.41. The number of alkyl halides is 2. The molecule has 0 fully saturated rings. The SMILES string of the molecule is COCCCC(CBr)CBr. The molecule has 0 aromatic rings. The highest BCUT2D eigenvalue weighted by molar-refractivity contribution is 9.09. The van der Waals surface area contributed by atoms with Gasteiger partial charge in [-0.3, -0.25) is 0 Å². The van der Waals surface area contributed by atoms with Crippen molar-refractivity contribution in [2.45, 2.75) is 12.8 Å². The molecule has 0 spiro atoms. The molecule has 0 unspecified atom stereocenters. The molecule has 0 aromatic heterocycles. The van der Waals surface area contributed by atoms with Gasteiger partial charge in [-0.15, -0.1) is 0 Å². The summed E-state index contributed by atoms with van der Waals surface area (Å²) in [5.41, 5.74) is 0. The van der Waals surface area contributed by atoms with Gasteiger partial charge in [0.05, 0.1) is 0 Å². The van der Waals surface area contributed by atoms with Crippen molar-refractivity contribution in [2.24, 2.45) is 5.92 Å². The van der Waals surface area contributed by atoms with Gasteiger partial charge in [-0.1, -0.05) is 31.9 Å². The Balaban J connectivity index is 3.09. The molecule has 62 valence electrons. The monoisotopic (exact) mass is 272 g/mol. The van der Waals surface area contributed by atoms with Gasteiger partial charge in [-0.2, -0.15) is 0 Å². The smallest absolute Gasteiger partial charge is 0.0462 e. The van der Waals surface area contributed by atoms with Crippen molar-refractivity contribution in [2.75, 3.05) is 24.4 Å². The molecule has 0 radical (unpaired) electrons. The Morgan fingerprint density at radius 1 is 1.30 bits per heavy atom. The Labute approximate surface area is 79.8 Å². The summed E-state index contributed by atoms with van der Waals surface area (Å²) in [5, 5.41) is 2.17. The Morgan fingerprint density at radius 3 is 2.30 bits per heavy atom. The van der Waals surface area contributed by atoms with Crippen molar-refractivity contribution >= 4 is 31.9 Å². The zero-order valence-corrected chi connectivity index (χ0v) is 9.45. The summed E-state index contributed by atoms with van der Waals surface area (Å²) < 4.78 is 4.95. The van der Waals surface area contributed by atoms with Crippen LogP contribution in [-0.4, -0.2) is 24.4 Å². The third-order valence-corrected chi connectivity index (χ3v) is 3.23. The molecule has 10 heavy (non-hydrogen) atoms. The predicted molar refractivity (Wildman–Crippen MR) is 52.2 cm³/mol. The maximum atomic E-state index is 4.95. The standard InChI is InChI=1S/C7H14Br2O/c1-10-4-2-3-7(5-8)6-9/h7H,2-6H2,1H3. The molecule has 0 N–H and O–H groups in total. The third kappa shape index (κ3) is 5.69. The number of hydrogen-bond acceptors (Lipinski definition) is 1. The van der Waals surface area contributed by atoms with Crippen LogP contribution in [0.15, 0.2) is 0 Å². The highest BCUT2D eigenvalue weighted by Gasteiger charge is 2.03. The van der Waals surface area contributed by atoms with E-state index in [1.807, 2.05) is 0 Å². The number of hydrogen-bond donors (Lipinski definition) is 0. The highest BCUT2D eigenvalue weighted by Crippen LogP contribution is 2.12. The predicted octanol–water partition coefficient (Wildman–Crippen LogP) is 2.82. The van der Waals surface area contributed by atoms with Crippen LogP contribution in [0.25, 0.3) is 0 Å². The van der Waals surface area contributed by atoms with Crippen LogP contribution in [-0.2, 0) is 4.74 Å². The van der Waals surface area contributed by atoms with E-state index in [-0.39, 0.29) is 0 Å². The van der Waals surface area contributed by atoms with Gasteiger partial charge in [0.25, 0.3) is 0 Å². The van der Waals surface area contributed by atoms with Gasteiger partial charge in [-0.25, -0.2) is 0 Å². The van der Waals surface area contributed by atoms with Gasteiger partial charge < -0.3 is 4.74 Å². The van der Waals surface area contributed by atoms with E-state index < -0.39 is 0 Å². The molecule has 0 bridgehead atoms. The lowest BCUT2D eigenvalue weighted by Crippen LogP contribution is -2.04. The van der Waals surface area contributed by atoms with Gasteiger partial charge in [0.1, 0.15) is 0 Å². The Morgan fingerprint density at radius 2 is 1.90 bits per heavy atom. The van der Waals surface area contributed by atoms with Crippen molar-refractivity contribution < 1.29 is 4.74 Å². The van der Waals surface area contributed by atoms with Crippen molar-refractivity contribution in [1.82, 2.24) is 0 Å². The van der Waals surface area contributed by atoms with Crippen molar-refractivity contribution in [3.63, 3.8) is 0 Å². The lowest BCUT2D eigenvalue weighted by Gasteiger charge is -2.08. The second kappa shape index (κ2) is 8.02. The third-order valence-electron chi connectivity index (χ3n) is 1.40. The van der Waals surface area contributed by atoms with Gasteiger partial charge in [-0.05, 0) is 18.8 Å². The Kier molecular flexibility index (Phi) is 8.76. The normalized spacial score (nSPS) is 10.8. The van der Waals surface area contributed by atoms with E-state index >= 15 is 0 Å². The molecule has 0 aliphatic carbocycles. The van der Waals surface area contributed by atoms with Crippen LogP contribution in [0.5, 0.6) is 0 Å². The number of halogens is 2. The van der Waals surface area contributed by atoms with Crippen LogP contribution in [0.3, 0.4) is 0 Å². The van der Waals surface area contributed by atoms with E-state index in [2.05, 4.69) is 31.9 Å². The summed E-state index contributed by atoms with van der Waals surface area (Å²) in [6, 6.07) is 0. The zero-order chi connectivity index (χ0) is 7.82. The molecule has 0 aliphatic heterocycles. The molecule has 3 heteroatoms. The van der Waals surface area contributed by atoms with E-state index in [0.29, 0.717) is 0 Å². The molecule has 0 saturated carbocycles. The van der Waals surface area contributed by atoms with Crippen molar-refractivity contribution in [3.8, 4) is 0 Å². The second-order valence-corrected chi connectivity index (χ2v) is 3.60. The quantitative estimate of drug-likeness (QED) is 0.534. The molecular weight excluding hydrogens is 260 g/mol. The van der Waals surface area contributed by atoms with Gasteiger partial charge in [0, 0.05) is 24.4 Å². The number of rotatable bonds is 6. The Hall–Kier alpha value is 0.920. The molecule has 0 saturated heterocycles. The molecule has 0 heterocycles. The first-order valence-corrected chi connectivity index (χ1v) is 5.70. The first-order chi connectivity index (χ1) is 4.85. The molecule has 0 aromatic carbocycles. The lowest BCUT2D eigenvalue weighted by atomic mass is 10.1. The van der Waals surface area contributed by atoms with Crippen molar-refractivity contribution in [1.29, 1.82) is 0 Å². The fraction of sp³-hybridized carbons (Fsp3) is 1.00. The minimum Gasteiger partial charge on any atom is -0.385 e. The second-order valence-electron chi connectivity index (χ2n) is 2.31. The fourth-order valence-electron chi connectivity index (χ4n) is 0.712. The van der Waals surface area contributed by atoms with Crippen molar-refractivity contribution in [3.05, 3.63) is 0 Å². The summed E-state index contributed by atoms with van der Waals surface area (Å²) in [5.74, 6) is 0.759. The van der Waals surface area contributed by atoms with Crippen LogP contribution in [0.2, 0.25) is 0 Å². The van der Waals surface area contributed by atoms with E-state index in [4.69, 9.17) is 4.74 Å². The molecular formula is C7H14Br2O. The van der Waals surface area contributed by atoms with Crippen LogP contribution < -0.4 is 0 Å². The van der Waals surface area contributed by atoms with Gasteiger partial charge in [0.2, 0.25) is 0 Å². The average molecular weight is 274 g/mol. The maximum absolute atomic E-state index is 4.95. The first-order valence-electron chi connectivity index (χ1n) is 3.46. The van der Waals surface area contributed by atoms with Crippen LogP contribution in [0, 0.1) is 5.92 Å². The molecule has 0 amide bonds. The van der Waals surface area contributed by atoms with Crippen LogP contribution >= 0.6 is 31.9 Å². The summed E-state index contributed by atoms with van der Waals surface area (Å²) in [4.78, 5) is 0. The molecule has 0 aliphatic rings. The number of ether oxygens (including phenoxy) is 1. The van der Waals surface area contributed by atoms with Crippen LogP contribution in [0.1, 0.15) is 12.8 Å². The largest absolute Gasteiger partial charge is 0.385 e. The summed E-state index contributed by atoms with van der Waals surface area (Å²) >= 11 is 6.91. The average Bonchev–Trinajstić information content (AvgIpc) is 1.99. The summed E-state index contributed by atoms with van der Waals surface area (Å²) in [6.45, 7) is 0.885. The summed E-state index contributed by atoms with van der Waals surface area (Å²) in [7, 11) is 1.75. The minimum atomic E-state index is 0.759. The van der Waals surface area contributed by atoms with E-state index in [0.717, 1.165) is 23.2 Å². The topological polar surface area (TPSA) is 9.23 Å².